The summed E-state index contributed by atoms with van der Waals surface area (Å²) in [6, 6.07) is 8.63. The van der Waals surface area contributed by atoms with Crippen molar-refractivity contribution in [1.82, 2.24) is 4.98 Å². The molecule has 0 saturated heterocycles. The van der Waals surface area contributed by atoms with Crippen molar-refractivity contribution in [3.05, 3.63) is 54.1 Å². The molecule has 1 aromatic heterocycles. The van der Waals surface area contributed by atoms with Crippen LogP contribution < -0.4 is 0 Å². The van der Waals surface area contributed by atoms with Gasteiger partial charge in [-0.25, -0.2) is 9.37 Å². The molecule has 1 aromatic carbocycles. The molecule has 0 amide bonds. The third kappa shape index (κ3) is 2.43. The van der Waals surface area contributed by atoms with E-state index in [1.54, 1.807) is 18.2 Å². The predicted molar refractivity (Wildman–Crippen MR) is 54.6 cm³/mol. The molecule has 0 aliphatic heterocycles. The zero-order valence-electron chi connectivity index (χ0n) is 8.50. The van der Waals surface area contributed by atoms with Gasteiger partial charge in [-0.15, -0.1) is 0 Å². The van der Waals surface area contributed by atoms with E-state index in [0.717, 1.165) is 6.07 Å². The Labute approximate surface area is 94.7 Å². The second-order valence-corrected chi connectivity index (χ2v) is 3.41. The number of benzene rings is 1. The van der Waals surface area contributed by atoms with E-state index in [4.69, 9.17) is 0 Å². The molecular weight excluding hydrogens is 234 g/mol. The molecule has 0 saturated carbocycles. The van der Waals surface area contributed by atoms with Crippen molar-refractivity contribution >= 4 is 0 Å². The number of rotatable bonds is 1. The number of nitrogens with zero attached hydrogens (tertiary/aromatic N) is 1. The summed E-state index contributed by atoms with van der Waals surface area (Å²) in [6.07, 6.45) is -4.03. The summed E-state index contributed by atoms with van der Waals surface area (Å²) in [5.41, 5.74) is -1.05. The van der Waals surface area contributed by atoms with Gasteiger partial charge in [0.15, 0.2) is 5.69 Å². The van der Waals surface area contributed by atoms with E-state index in [9.17, 15) is 17.6 Å². The monoisotopic (exact) mass is 241 g/mol. The first kappa shape index (κ1) is 11.6. The van der Waals surface area contributed by atoms with Crippen molar-refractivity contribution in [2.45, 2.75) is 6.18 Å². The van der Waals surface area contributed by atoms with Gasteiger partial charge in [-0.3, -0.25) is 0 Å². The van der Waals surface area contributed by atoms with Crippen LogP contribution in [0, 0.1) is 5.82 Å². The highest BCUT2D eigenvalue weighted by Gasteiger charge is 2.35. The number of aromatic nitrogens is 1. The first-order valence-electron chi connectivity index (χ1n) is 4.76. The number of halogens is 4. The molecule has 5 heteroatoms. The summed E-state index contributed by atoms with van der Waals surface area (Å²) < 4.78 is 51.0. The Hall–Kier alpha value is -1.91. The van der Waals surface area contributed by atoms with Crippen LogP contribution in [-0.4, -0.2) is 4.98 Å². The van der Waals surface area contributed by atoms with Crippen LogP contribution in [0.1, 0.15) is 5.69 Å². The minimum absolute atomic E-state index is 0.252. The second-order valence-electron chi connectivity index (χ2n) is 3.41. The Morgan fingerprint density at radius 2 is 1.65 bits per heavy atom. The average Bonchev–Trinajstić information content (AvgIpc) is 2.28. The molecule has 1 heterocycles. The topological polar surface area (TPSA) is 12.9 Å². The fourth-order valence-corrected chi connectivity index (χ4v) is 1.50. The molecule has 0 fully saturated rings. The zero-order valence-corrected chi connectivity index (χ0v) is 8.50. The maximum atomic E-state index is 13.0. The maximum absolute atomic E-state index is 13.0. The third-order valence-corrected chi connectivity index (χ3v) is 2.21. The lowest BCUT2D eigenvalue weighted by Gasteiger charge is -2.11. The van der Waals surface area contributed by atoms with E-state index in [1.165, 1.54) is 12.1 Å². The molecule has 0 unspecified atom stereocenters. The van der Waals surface area contributed by atoms with E-state index in [-0.39, 0.29) is 11.1 Å². The minimum Gasteiger partial charge on any atom is -0.248 e. The van der Waals surface area contributed by atoms with Gasteiger partial charge in [-0.05, 0) is 11.6 Å². The fraction of sp³-hybridized carbons (Fsp3) is 0.0833. The molecule has 2 aromatic rings. The molecule has 88 valence electrons. The highest BCUT2D eigenvalue weighted by atomic mass is 19.4. The van der Waals surface area contributed by atoms with E-state index in [1.807, 2.05) is 0 Å². The Morgan fingerprint density at radius 3 is 2.24 bits per heavy atom. The molecule has 0 radical (unpaired) electrons. The molecule has 0 spiro atoms. The number of hydrogen-bond acceptors (Lipinski definition) is 1. The van der Waals surface area contributed by atoms with Crippen molar-refractivity contribution in [2.75, 3.05) is 0 Å². The van der Waals surface area contributed by atoms with Crippen molar-refractivity contribution in [2.24, 2.45) is 0 Å². The lowest BCUT2D eigenvalue weighted by atomic mass is 10.0. The third-order valence-electron chi connectivity index (χ3n) is 2.21. The first-order valence-corrected chi connectivity index (χ1v) is 4.76. The summed E-state index contributed by atoms with van der Waals surface area (Å²) in [7, 11) is 0. The molecule has 2 rings (SSSR count). The number of hydrogen-bond donors (Lipinski definition) is 0. The van der Waals surface area contributed by atoms with Crippen molar-refractivity contribution in [3.63, 3.8) is 0 Å². The zero-order chi connectivity index (χ0) is 12.5. The molecular formula is C12H7F4N. The Morgan fingerprint density at radius 1 is 1.00 bits per heavy atom. The standard InChI is InChI=1S/C12H7F4N/c13-9-6-10(8-4-2-1-3-5-8)11(17-7-9)12(14,15)16/h1-7H. The minimum atomic E-state index is -4.60. The Kier molecular flexibility index (Phi) is 2.83. The Balaban J connectivity index is 2.64. The van der Waals surface area contributed by atoms with Gasteiger partial charge in [0.1, 0.15) is 5.82 Å². The lowest BCUT2D eigenvalue weighted by Crippen LogP contribution is -2.10. The van der Waals surface area contributed by atoms with Crippen LogP contribution in [0.4, 0.5) is 17.6 Å². The van der Waals surface area contributed by atoms with Gasteiger partial charge in [0, 0.05) is 5.56 Å². The maximum Gasteiger partial charge on any atom is 0.433 e. The van der Waals surface area contributed by atoms with Crippen LogP contribution in [0.2, 0.25) is 0 Å². The van der Waals surface area contributed by atoms with E-state index < -0.39 is 17.7 Å². The molecule has 0 aliphatic carbocycles. The van der Waals surface area contributed by atoms with Crippen LogP contribution in [0.3, 0.4) is 0 Å². The lowest BCUT2D eigenvalue weighted by molar-refractivity contribution is -0.140. The van der Waals surface area contributed by atoms with Crippen LogP contribution in [0.5, 0.6) is 0 Å². The van der Waals surface area contributed by atoms with E-state index in [2.05, 4.69) is 4.98 Å². The Bertz CT molecular complexity index is 520. The summed E-state index contributed by atoms with van der Waals surface area (Å²) in [4.78, 5) is 3.13. The number of alkyl halides is 3. The summed E-state index contributed by atoms with van der Waals surface area (Å²) in [6.45, 7) is 0. The highest BCUT2D eigenvalue weighted by molar-refractivity contribution is 5.66. The first-order chi connectivity index (χ1) is 7.98. The van der Waals surface area contributed by atoms with E-state index >= 15 is 0 Å². The van der Waals surface area contributed by atoms with Crippen LogP contribution >= 0.6 is 0 Å². The fourth-order valence-electron chi connectivity index (χ4n) is 1.50. The van der Waals surface area contributed by atoms with Gasteiger partial charge >= 0.3 is 6.18 Å². The second kappa shape index (κ2) is 4.16. The van der Waals surface area contributed by atoms with Crippen molar-refractivity contribution in [1.29, 1.82) is 0 Å². The van der Waals surface area contributed by atoms with Crippen molar-refractivity contribution in [3.8, 4) is 11.1 Å². The summed E-state index contributed by atoms with van der Waals surface area (Å²) in [5.74, 6) is -0.795. The molecule has 0 atom stereocenters. The van der Waals surface area contributed by atoms with Gasteiger partial charge in [0.25, 0.3) is 0 Å². The quantitative estimate of drug-likeness (QED) is 0.690. The molecule has 0 N–H and O–H groups in total. The molecule has 1 nitrogen and oxygen atoms in total. The smallest absolute Gasteiger partial charge is 0.248 e. The molecule has 0 bridgehead atoms. The summed E-state index contributed by atoms with van der Waals surface area (Å²) in [5, 5.41) is 0. The molecule has 0 aliphatic rings. The largest absolute Gasteiger partial charge is 0.433 e. The predicted octanol–water partition coefficient (Wildman–Crippen LogP) is 3.91. The van der Waals surface area contributed by atoms with Crippen molar-refractivity contribution < 1.29 is 17.6 Å². The van der Waals surface area contributed by atoms with Gasteiger partial charge in [0.2, 0.25) is 0 Å². The van der Waals surface area contributed by atoms with Crippen LogP contribution in [-0.2, 0) is 6.18 Å². The molecule has 17 heavy (non-hydrogen) atoms. The van der Waals surface area contributed by atoms with Crippen LogP contribution in [0.15, 0.2) is 42.6 Å². The highest BCUT2D eigenvalue weighted by Crippen LogP contribution is 2.35. The van der Waals surface area contributed by atoms with Crippen LogP contribution in [0.25, 0.3) is 11.1 Å². The number of pyridine rings is 1. The summed E-state index contributed by atoms with van der Waals surface area (Å²) >= 11 is 0. The SMILES string of the molecule is Fc1cnc(C(F)(F)F)c(-c2ccccc2)c1. The van der Waals surface area contributed by atoms with Gasteiger partial charge in [0.05, 0.1) is 6.20 Å². The normalized spacial score (nSPS) is 11.5. The van der Waals surface area contributed by atoms with Gasteiger partial charge in [-0.2, -0.15) is 13.2 Å². The van der Waals surface area contributed by atoms with Gasteiger partial charge in [-0.1, -0.05) is 30.3 Å². The van der Waals surface area contributed by atoms with E-state index in [0.29, 0.717) is 6.20 Å². The average molecular weight is 241 g/mol. The van der Waals surface area contributed by atoms with Gasteiger partial charge < -0.3 is 0 Å².